The minimum Gasteiger partial charge on any atom is -0.490 e. The standard InChI is InChI=1S/C29H21I2O5S/c1-32-29-23(33-16-18-10-12-27(30)35-18)14-20(15-24(29)34-17-19-11-13-28(31)36-19)37-25-8-4-2-6-21(25)22-7-3-5-9-26(22)37/h2-15H,16-17H2,1H3/q+1. The van der Waals surface area contributed by atoms with Crippen molar-refractivity contribution in [2.75, 3.05) is 7.11 Å². The lowest BCUT2D eigenvalue weighted by molar-refractivity contribution is 0.232. The number of hydrogen-bond donors (Lipinski definition) is 0. The predicted octanol–water partition coefficient (Wildman–Crippen LogP) is 9.29. The predicted molar refractivity (Wildman–Crippen MR) is 163 cm³/mol. The van der Waals surface area contributed by atoms with Crippen LogP contribution in [0.1, 0.15) is 11.5 Å². The summed E-state index contributed by atoms with van der Waals surface area (Å²) in [5.74, 6) is 3.22. The minimum absolute atomic E-state index is 0.277. The Bertz CT molecular complexity index is 1600. The molecule has 0 radical (unpaired) electrons. The van der Waals surface area contributed by atoms with Gasteiger partial charge in [-0.2, -0.15) is 0 Å². The molecule has 0 N–H and O–H groups in total. The third-order valence-electron chi connectivity index (χ3n) is 5.94. The molecule has 0 unspecified atom stereocenters. The van der Waals surface area contributed by atoms with Crippen molar-refractivity contribution in [3.8, 4) is 22.1 Å². The summed E-state index contributed by atoms with van der Waals surface area (Å²) in [4.78, 5) is 1.09. The van der Waals surface area contributed by atoms with Gasteiger partial charge in [-0.05, 0) is 93.7 Å². The number of benzene rings is 3. The molecule has 6 rings (SSSR count). The molecule has 0 spiro atoms. The maximum atomic E-state index is 6.28. The number of furan rings is 2. The monoisotopic (exact) mass is 735 g/mol. The molecule has 0 aliphatic rings. The van der Waals surface area contributed by atoms with Gasteiger partial charge in [0.2, 0.25) is 5.75 Å². The summed E-state index contributed by atoms with van der Waals surface area (Å²) in [7, 11) is 1.30. The summed E-state index contributed by atoms with van der Waals surface area (Å²) in [5.41, 5.74) is 0. The average molecular weight is 735 g/mol. The van der Waals surface area contributed by atoms with E-state index in [1.165, 1.54) is 20.2 Å². The molecule has 0 saturated carbocycles. The summed E-state index contributed by atoms with van der Waals surface area (Å²) < 4.78 is 34.0. The van der Waals surface area contributed by atoms with Gasteiger partial charge in [0.15, 0.2) is 33.3 Å². The van der Waals surface area contributed by atoms with Gasteiger partial charge in [-0.15, -0.1) is 0 Å². The van der Waals surface area contributed by atoms with Crippen LogP contribution in [0.5, 0.6) is 17.2 Å². The average Bonchev–Trinajstić information content (AvgIpc) is 3.62. The van der Waals surface area contributed by atoms with Crippen molar-refractivity contribution in [2.24, 2.45) is 0 Å². The molecule has 0 aliphatic carbocycles. The largest absolute Gasteiger partial charge is 0.490 e. The van der Waals surface area contributed by atoms with Gasteiger partial charge in [-0.3, -0.25) is 0 Å². The molecule has 0 amide bonds. The molecule has 37 heavy (non-hydrogen) atoms. The number of methoxy groups -OCH3 is 1. The van der Waals surface area contributed by atoms with Crippen LogP contribution in [0.4, 0.5) is 0 Å². The molecule has 5 nitrogen and oxygen atoms in total. The van der Waals surface area contributed by atoms with E-state index in [0.29, 0.717) is 17.2 Å². The van der Waals surface area contributed by atoms with E-state index in [1.54, 1.807) is 7.11 Å². The van der Waals surface area contributed by atoms with Crippen molar-refractivity contribution >= 4 is 75.8 Å². The number of fused-ring (bicyclic) bond motifs is 3. The number of hydrogen-bond acceptors (Lipinski definition) is 5. The van der Waals surface area contributed by atoms with Crippen LogP contribution in [0.15, 0.2) is 93.8 Å². The van der Waals surface area contributed by atoms with Gasteiger partial charge in [0, 0.05) is 33.4 Å². The Balaban J connectivity index is 1.49. The van der Waals surface area contributed by atoms with E-state index in [2.05, 4.69) is 106 Å². The second-order valence-corrected chi connectivity index (χ2v) is 12.3. The zero-order chi connectivity index (χ0) is 25.4. The Labute approximate surface area is 243 Å². The Morgan fingerprint density at radius 3 is 1.59 bits per heavy atom. The normalized spacial score (nSPS) is 11.3. The summed E-state index contributed by atoms with van der Waals surface area (Å²) >= 11 is 4.30. The van der Waals surface area contributed by atoms with Crippen molar-refractivity contribution in [2.45, 2.75) is 13.2 Å². The van der Waals surface area contributed by atoms with E-state index >= 15 is 0 Å². The first-order valence-corrected chi connectivity index (χ1v) is 14.9. The van der Waals surface area contributed by atoms with Crippen LogP contribution < -0.4 is 14.2 Å². The molecule has 0 fully saturated rings. The van der Waals surface area contributed by atoms with E-state index in [4.69, 9.17) is 23.0 Å². The molecule has 3 aromatic carbocycles. The highest BCUT2D eigenvalue weighted by Crippen LogP contribution is 2.52. The van der Waals surface area contributed by atoms with Crippen LogP contribution in [0.2, 0.25) is 0 Å². The lowest BCUT2D eigenvalue weighted by atomic mass is 10.2. The van der Waals surface area contributed by atoms with E-state index in [-0.39, 0.29) is 23.7 Å². The van der Waals surface area contributed by atoms with Gasteiger partial charge < -0.3 is 23.0 Å². The first-order chi connectivity index (χ1) is 18.1. The maximum absolute atomic E-state index is 6.28. The van der Waals surface area contributed by atoms with E-state index in [1.807, 2.05) is 24.3 Å². The second-order valence-electron chi connectivity index (χ2n) is 8.24. The minimum atomic E-state index is -0.324. The molecule has 3 heterocycles. The smallest absolute Gasteiger partial charge is 0.203 e. The van der Waals surface area contributed by atoms with E-state index in [0.717, 1.165) is 23.9 Å². The van der Waals surface area contributed by atoms with Crippen molar-refractivity contribution in [3.05, 3.63) is 104 Å². The van der Waals surface area contributed by atoms with Gasteiger partial charge >= 0.3 is 0 Å². The zero-order valence-corrected chi connectivity index (χ0v) is 24.8. The first-order valence-electron chi connectivity index (χ1n) is 11.5. The molecule has 0 bridgehead atoms. The molecule has 0 aliphatic heterocycles. The Morgan fingerprint density at radius 2 is 1.16 bits per heavy atom. The Hall–Kier alpha value is -2.70. The fraction of sp³-hybridized carbons (Fsp3) is 0.103. The van der Waals surface area contributed by atoms with Crippen LogP contribution in [0.25, 0.3) is 25.1 Å². The molecule has 0 saturated heterocycles. The van der Waals surface area contributed by atoms with Crippen LogP contribution in [-0.4, -0.2) is 7.11 Å². The van der Waals surface area contributed by atoms with Crippen molar-refractivity contribution in [1.82, 2.24) is 0 Å². The Kier molecular flexibility index (Phi) is 7.04. The maximum Gasteiger partial charge on any atom is 0.203 e. The molecule has 186 valence electrons. The van der Waals surface area contributed by atoms with Crippen molar-refractivity contribution in [3.63, 3.8) is 0 Å². The summed E-state index contributed by atoms with van der Waals surface area (Å²) in [5, 5.41) is 2.52. The Morgan fingerprint density at radius 1 is 0.676 bits per heavy atom. The second kappa shape index (κ2) is 10.6. The zero-order valence-electron chi connectivity index (χ0n) is 19.7. The van der Waals surface area contributed by atoms with Crippen molar-refractivity contribution in [1.29, 1.82) is 0 Å². The first kappa shape index (κ1) is 24.6. The van der Waals surface area contributed by atoms with Crippen molar-refractivity contribution < 1.29 is 23.0 Å². The van der Waals surface area contributed by atoms with Gasteiger partial charge in [0.1, 0.15) is 24.7 Å². The van der Waals surface area contributed by atoms with Crippen LogP contribution >= 0.6 is 55.7 Å². The lowest BCUT2D eigenvalue weighted by Gasteiger charge is -2.15. The fourth-order valence-corrected chi connectivity index (χ4v) is 7.69. The highest BCUT2D eigenvalue weighted by atomic mass is 127. The molecule has 6 aromatic rings. The quantitative estimate of drug-likeness (QED) is 0.115. The number of thiophene rings is 1. The molecular formula is C29H21I2O5S+. The number of halogens is 2. The van der Waals surface area contributed by atoms with E-state index in [9.17, 15) is 0 Å². The van der Waals surface area contributed by atoms with Gasteiger partial charge in [0.05, 0.1) is 7.11 Å². The van der Waals surface area contributed by atoms with Crippen LogP contribution in [-0.2, 0) is 13.2 Å². The topological polar surface area (TPSA) is 54.0 Å². The van der Waals surface area contributed by atoms with Crippen LogP contribution in [0.3, 0.4) is 0 Å². The summed E-state index contributed by atoms with van der Waals surface area (Å²) in [6.07, 6.45) is 0. The third kappa shape index (κ3) is 4.94. The van der Waals surface area contributed by atoms with Gasteiger partial charge in [-0.1, -0.05) is 24.3 Å². The number of rotatable bonds is 8. The molecular weight excluding hydrogens is 714 g/mol. The SMILES string of the molecule is COc1c(OCc2ccc(I)o2)cc(-[s+]2c3ccccc3c3ccccc32)cc1OCc1ccc(I)o1. The molecule has 0 atom stereocenters. The summed E-state index contributed by atoms with van der Waals surface area (Å²) in [6, 6.07) is 29.0. The van der Waals surface area contributed by atoms with Crippen LogP contribution in [0, 0.1) is 7.53 Å². The van der Waals surface area contributed by atoms with E-state index < -0.39 is 0 Å². The van der Waals surface area contributed by atoms with Gasteiger partial charge in [0.25, 0.3) is 0 Å². The summed E-state index contributed by atoms with van der Waals surface area (Å²) in [6.45, 7) is 0.555. The molecule has 8 heteroatoms. The van der Waals surface area contributed by atoms with Gasteiger partial charge in [-0.25, -0.2) is 0 Å². The highest BCUT2D eigenvalue weighted by molar-refractivity contribution is 14.1. The lowest BCUT2D eigenvalue weighted by Crippen LogP contribution is -2.01. The highest BCUT2D eigenvalue weighted by Gasteiger charge is 2.27. The molecule has 3 aromatic heterocycles. The number of ether oxygens (including phenoxy) is 3. The third-order valence-corrected chi connectivity index (χ3v) is 9.39. The fourth-order valence-electron chi connectivity index (χ4n) is 4.35.